The van der Waals surface area contributed by atoms with Crippen LogP contribution in [0, 0.1) is 11.8 Å². The number of aromatic nitrogens is 4. The van der Waals surface area contributed by atoms with Crippen LogP contribution in [-0.4, -0.2) is 119 Å². The first-order valence-electron chi connectivity index (χ1n) is 23.9. The Balaban J connectivity index is 1.00. The lowest BCUT2D eigenvalue weighted by Crippen LogP contribution is -2.51. The van der Waals surface area contributed by atoms with Gasteiger partial charge in [-0.15, -0.1) is 0 Å². The molecule has 0 saturated carbocycles. The quantitative estimate of drug-likeness (QED) is 0.0914. The summed E-state index contributed by atoms with van der Waals surface area (Å²) in [5.41, 5.74) is 6.71. The van der Waals surface area contributed by atoms with E-state index in [9.17, 15) is 19.2 Å². The van der Waals surface area contributed by atoms with Crippen LogP contribution in [0.1, 0.15) is 113 Å². The molecule has 0 radical (unpaired) electrons. The first kappa shape index (κ1) is 46.7. The fourth-order valence-corrected chi connectivity index (χ4v) is 10.5. The SMILES string of the molecule is COC(=O)N[C@H](C(=O)N1CCC[C@H]1c1nc2ccc([C@H]3CC[C@H](c4ccc5nc([C@@H]6CCCN6C(=O)[C@H](NC(=O)OC)C(C)C)[nH]c5c4)N3c3ccc(OC4COCOC4)cc3)cc2[nH]1)C(C)C. The van der Waals surface area contributed by atoms with Crippen molar-refractivity contribution in [2.45, 2.75) is 109 Å². The Morgan fingerprint density at radius 3 is 1.56 bits per heavy atom. The number of methoxy groups -OCH3 is 2. The van der Waals surface area contributed by atoms with Crippen molar-refractivity contribution in [3.8, 4) is 5.75 Å². The lowest BCUT2D eigenvalue weighted by Gasteiger charge is -2.33. The highest BCUT2D eigenvalue weighted by molar-refractivity contribution is 5.87. The summed E-state index contributed by atoms with van der Waals surface area (Å²) in [6, 6.07) is 19.1. The van der Waals surface area contributed by atoms with Gasteiger partial charge in [0.25, 0.3) is 0 Å². The Kier molecular flexibility index (Phi) is 13.8. The molecular weight excluding hydrogens is 871 g/mol. The van der Waals surface area contributed by atoms with Gasteiger partial charge in [0.05, 0.1) is 73.7 Å². The molecule has 362 valence electrons. The summed E-state index contributed by atoms with van der Waals surface area (Å²) in [7, 11) is 2.59. The van der Waals surface area contributed by atoms with Gasteiger partial charge in [0.15, 0.2) is 0 Å². The number of anilines is 1. The second-order valence-corrected chi connectivity index (χ2v) is 19.0. The molecule has 0 unspecified atom stereocenters. The zero-order chi connectivity index (χ0) is 47.6. The Hall–Kier alpha value is -6.40. The molecule has 4 fully saturated rings. The molecular formula is C50H63N9O9. The fourth-order valence-electron chi connectivity index (χ4n) is 10.5. The van der Waals surface area contributed by atoms with E-state index in [-0.39, 0.29) is 60.7 Å². The molecule has 18 nitrogen and oxygen atoms in total. The van der Waals surface area contributed by atoms with E-state index in [1.165, 1.54) is 14.2 Å². The van der Waals surface area contributed by atoms with Crippen LogP contribution in [0.15, 0.2) is 60.7 Å². The van der Waals surface area contributed by atoms with E-state index in [0.29, 0.717) is 26.3 Å². The van der Waals surface area contributed by atoms with Gasteiger partial charge in [-0.25, -0.2) is 19.6 Å². The summed E-state index contributed by atoms with van der Waals surface area (Å²) in [5.74, 6) is 1.62. The Morgan fingerprint density at radius 2 is 1.12 bits per heavy atom. The van der Waals surface area contributed by atoms with E-state index in [1.54, 1.807) is 0 Å². The van der Waals surface area contributed by atoms with Crippen molar-refractivity contribution in [3.05, 3.63) is 83.4 Å². The molecule has 0 spiro atoms. The van der Waals surface area contributed by atoms with Gasteiger partial charge in [0, 0.05) is 18.8 Å². The third-order valence-electron chi connectivity index (χ3n) is 13.9. The van der Waals surface area contributed by atoms with E-state index in [4.69, 9.17) is 33.7 Å². The average Bonchev–Trinajstić information content (AvgIpc) is 4.21. The van der Waals surface area contributed by atoms with Crippen LogP contribution < -0.4 is 20.3 Å². The fraction of sp³-hybridized carbons (Fsp3) is 0.520. The molecule has 2 aromatic heterocycles. The monoisotopic (exact) mass is 933 g/mol. The zero-order valence-electron chi connectivity index (χ0n) is 39.7. The van der Waals surface area contributed by atoms with E-state index < -0.39 is 24.3 Å². The topological polar surface area (TPSA) is 206 Å². The number of benzene rings is 3. The summed E-state index contributed by atoms with van der Waals surface area (Å²) in [4.78, 5) is 75.6. The molecule has 4 aliphatic rings. The first-order valence-corrected chi connectivity index (χ1v) is 23.9. The zero-order valence-corrected chi connectivity index (χ0v) is 39.7. The molecule has 6 heterocycles. The van der Waals surface area contributed by atoms with Crippen molar-refractivity contribution in [1.29, 1.82) is 0 Å². The highest BCUT2D eigenvalue weighted by atomic mass is 16.7. The van der Waals surface area contributed by atoms with Gasteiger partial charge in [-0.2, -0.15) is 0 Å². The summed E-state index contributed by atoms with van der Waals surface area (Å²) in [6.45, 7) is 9.99. The number of alkyl carbamates (subject to hydrolysis) is 2. The van der Waals surface area contributed by atoms with Crippen molar-refractivity contribution in [2.24, 2.45) is 11.8 Å². The number of fused-ring (bicyclic) bond motifs is 2. The second kappa shape index (κ2) is 20.1. The van der Waals surface area contributed by atoms with Gasteiger partial charge in [0.1, 0.15) is 42.4 Å². The van der Waals surface area contributed by atoms with Crippen LogP contribution in [-0.2, 0) is 28.5 Å². The maximum atomic E-state index is 13.9. The summed E-state index contributed by atoms with van der Waals surface area (Å²) < 4.78 is 26.8. The molecule has 0 bridgehead atoms. The van der Waals surface area contributed by atoms with E-state index in [1.807, 2.05) is 49.6 Å². The molecule has 4 amide bonds. The van der Waals surface area contributed by atoms with Crippen LogP contribution in [0.4, 0.5) is 15.3 Å². The summed E-state index contributed by atoms with van der Waals surface area (Å²) in [6.07, 6.45) is 3.46. The molecule has 5 aromatic rings. The van der Waals surface area contributed by atoms with Gasteiger partial charge in [-0.3, -0.25) is 9.59 Å². The molecule has 4 saturated heterocycles. The number of carbonyl (C=O) groups excluding carboxylic acids is 4. The predicted molar refractivity (Wildman–Crippen MR) is 253 cm³/mol. The number of H-pyrrole nitrogens is 2. The summed E-state index contributed by atoms with van der Waals surface area (Å²) in [5, 5.41) is 5.47. The van der Waals surface area contributed by atoms with Crippen molar-refractivity contribution < 1.29 is 42.9 Å². The smallest absolute Gasteiger partial charge is 0.407 e. The summed E-state index contributed by atoms with van der Waals surface area (Å²) >= 11 is 0. The van der Waals surface area contributed by atoms with Gasteiger partial charge in [-0.05, 0) is 110 Å². The average molecular weight is 934 g/mol. The Morgan fingerprint density at radius 1 is 0.647 bits per heavy atom. The maximum absolute atomic E-state index is 13.9. The number of nitrogens with zero attached hydrogens (tertiary/aromatic N) is 5. The number of likely N-dealkylation sites (tertiary alicyclic amines) is 2. The molecule has 3 aromatic carbocycles. The number of nitrogens with one attached hydrogen (secondary N) is 4. The van der Waals surface area contributed by atoms with Crippen molar-refractivity contribution in [3.63, 3.8) is 0 Å². The van der Waals surface area contributed by atoms with E-state index >= 15 is 0 Å². The van der Waals surface area contributed by atoms with Gasteiger partial charge < -0.3 is 59.0 Å². The normalized spacial score (nSPS) is 22.0. The molecule has 4 N–H and O–H groups in total. The number of ether oxygens (including phenoxy) is 5. The number of hydrogen-bond donors (Lipinski definition) is 4. The van der Waals surface area contributed by atoms with Crippen molar-refractivity contribution >= 4 is 51.8 Å². The number of imidazole rings is 2. The van der Waals surface area contributed by atoms with Gasteiger partial charge in [0.2, 0.25) is 11.8 Å². The number of aromatic amines is 2. The van der Waals surface area contributed by atoms with Crippen LogP contribution in [0.25, 0.3) is 22.1 Å². The lowest BCUT2D eigenvalue weighted by molar-refractivity contribution is -0.143. The third-order valence-corrected chi connectivity index (χ3v) is 13.9. The van der Waals surface area contributed by atoms with Crippen molar-refractivity contribution in [2.75, 3.05) is 52.2 Å². The Labute approximate surface area is 395 Å². The van der Waals surface area contributed by atoms with Gasteiger partial charge >= 0.3 is 12.2 Å². The van der Waals surface area contributed by atoms with Crippen LogP contribution in [0.3, 0.4) is 0 Å². The minimum absolute atomic E-state index is 0.00222. The molecule has 0 aliphatic carbocycles. The molecule has 18 heteroatoms. The minimum atomic E-state index is -0.721. The number of carbonyl (C=O) groups is 4. The Bertz CT molecular complexity index is 2460. The molecule has 9 rings (SSSR count). The maximum Gasteiger partial charge on any atom is 0.407 e. The standard InChI is InChI=1S/C50H63N9O9/c1-28(2)43(55-49(62)64-5)47(60)57-21-7-9-41(57)45-51-35-17-11-30(23-37(35)53-45)39-19-20-40(59(39)32-13-15-33(16-14-32)68-34-25-66-27-67-26-34)31-12-18-36-38(24-31)54-46(52-36)42-10-8-22-58(42)48(61)44(29(3)4)56-50(63)65-6/h11-18,23-24,28-29,34,39-44H,7-10,19-22,25-27H2,1-6H3,(H,51,53)(H,52,54)(H,55,62)(H,56,63)/t39-,40-,41+,42+,43-,44+/m1/s1. The largest absolute Gasteiger partial charge is 0.486 e. The minimum Gasteiger partial charge on any atom is -0.486 e. The van der Waals surface area contributed by atoms with E-state index in [0.717, 1.165) is 94.8 Å². The number of amides is 4. The van der Waals surface area contributed by atoms with Crippen LogP contribution in [0.2, 0.25) is 0 Å². The van der Waals surface area contributed by atoms with Crippen LogP contribution >= 0.6 is 0 Å². The highest BCUT2D eigenvalue weighted by Crippen LogP contribution is 2.48. The van der Waals surface area contributed by atoms with E-state index in [2.05, 4.69) is 74.0 Å². The number of hydrogen-bond acceptors (Lipinski definition) is 12. The van der Waals surface area contributed by atoms with Gasteiger partial charge in [-0.1, -0.05) is 39.8 Å². The third kappa shape index (κ3) is 9.52. The van der Waals surface area contributed by atoms with Crippen LogP contribution in [0.5, 0.6) is 5.75 Å². The lowest BCUT2D eigenvalue weighted by atomic mass is 10.0. The van der Waals surface area contributed by atoms with Crippen molar-refractivity contribution in [1.82, 2.24) is 40.4 Å². The number of rotatable bonds is 13. The molecule has 6 atom stereocenters. The first-order chi connectivity index (χ1) is 32.9. The molecule has 4 aliphatic heterocycles. The second-order valence-electron chi connectivity index (χ2n) is 19.0. The predicted octanol–water partition coefficient (Wildman–Crippen LogP) is 7.36. The molecule has 68 heavy (non-hydrogen) atoms. The highest BCUT2D eigenvalue weighted by Gasteiger charge is 2.40.